The number of thiazole rings is 1. The summed E-state index contributed by atoms with van der Waals surface area (Å²) < 4.78 is 38.9. The molecule has 1 aliphatic heterocycles. The minimum Gasteiger partial charge on any atom is -0.494 e. The first kappa shape index (κ1) is 22.9. The molecule has 2 aromatic rings. The average Bonchev–Trinajstić information content (AvgIpc) is 3.04. The lowest BCUT2D eigenvalue weighted by Crippen LogP contribution is -2.39. The summed E-state index contributed by atoms with van der Waals surface area (Å²) in [7, 11) is -3.22. The Kier molecular flexibility index (Phi) is 7.67. The van der Waals surface area contributed by atoms with Crippen LogP contribution in [0, 0.1) is 5.92 Å². The van der Waals surface area contributed by atoms with E-state index >= 15 is 0 Å². The zero-order valence-corrected chi connectivity index (χ0v) is 19.3. The summed E-state index contributed by atoms with van der Waals surface area (Å²) in [5, 5.41) is 0. The lowest BCUT2D eigenvalue weighted by molar-refractivity contribution is -0.122. The van der Waals surface area contributed by atoms with Crippen molar-refractivity contribution in [3.63, 3.8) is 0 Å². The molecule has 1 aliphatic rings. The molecule has 1 amide bonds. The highest BCUT2D eigenvalue weighted by atomic mass is 32.2. The van der Waals surface area contributed by atoms with E-state index in [-0.39, 0.29) is 11.8 Å². The third-order valence-electron chi connectivity index (χ3n) is 5.11. The Morgan fingerprint density at radius 2 is 1.97 bits per heavy atom. The Labute approximate surface area is 181 Å². The van der Waals surface area contributed by atoms with Crippen LogP contribution in [0.3, 0.4) is 0 Å². The van der Waals surface area contributed by atoms with Gasteiger partial charge in [-0.25, -0.2) is 12.7 Å². The van der Waals surface area contributed by atoms with Crippen molar-refractivity contribution in [1.29, 1.82) is 0 Å². The first-order chi connectivity index (χ1) is 14.3. The molecule has 30 heavy (non-hydrogen) atoms. The summed E-state index contributed by atoms with van der Waals surface area (Å²) in [6.45, 7) is 6.95. The van der Waals surface area contributed by atoms with Crippen LogP contribution in [0.2, 0.25) is 0 Å². The number of rotatable bonds is 8. The zero-order valence-electron chi connectivity index (χ0n) is 17.7. The minimum absolute atomic E-state index is 0.190. The molecule has 2 heterocycles. The molecule has 166 valence electrons. The van der Waals surface area contributed by atoms with Crippen LogP contribution in [0.1, 0.15) is 26.7 Å². The number of hydrogen-bond donors (Lipinski definition) is 0. The first-order valence-electron chi connectivity index (χ1n) is 10.2. The van der Waals surface area contributed by atoms with Crippen LogP contribution < -0.4 is 9.54 Å². The van der Waals surface area contributed by atoms with Crippen LogP contribution in [0.5, 0.6) is 5.75 Å². The topological polar surface area (TPSA) is 90.2 Å². The maximum atomic E-state index is 12.9. The van der Waals surface area contributed by atoms with Crippen LogP contribution in [-0.4, -0.2) is 62.4 Å². The number of carbonyl (C=O) groups is 1. The van der Waals surface area contributed by atoms with Crippen LogP contribution >= 0.6 is 11.3 Å². The van der Waals surface area contributed by atoms with Crippen molar-refractivity contribution in [2.45, 2.75) is 33.2 Å². The molecule has 0 saturated carbocycles. The van der Waals surface area contributed by atoms with Gasteiger partial charge in [-0.2, -0.15) is 4.99 Å². The summed E-state index contributed by atoms with van der Waals surface area (Å²) in [5.74, 6) is 0.340. The van der Waals surface area contributed by atoms with Crippen molar-refractivity contribution >= 4 is 37.5 Å². The van der Waals surface area contributed by atoms with Gasteiger partial charge in [0.15, 0.2) is 4.80 Å². The largest absolute Gasteiger partial charge is 0.494 e. The number of hydrogen-bond acceptors (Lipinski definition) is 6. The van der Waals surface area contributed by atoms with Crippen molar-refractivity contribution < 1.29 is 22.7 Å². The van der Waals surface area contributed by atoms with Crippen molar-refractivity contribution in [3.05, 3.63) is 23.0 Å². The second-order valence-electron chi connectivity index (χ2n) is 7.18. The van der Waals surface area contributed by atoms with Gasteiger partial charge in [-0.15, -0.1) is 0 Å². The number of carbonyl (C=O) groups excluding carboxylic acids is 1. The number of aromatic nitrogens is 1. The number of fused-ring (bicyclic) bond motifs is 1. The maximum absolute atomic E-state index is 12.9. The van der Waals surface area contributed by atoms with Gasteiger partial charge in [0, 0.05) is 32.2 Å². The third-order valence-corrected chi connectivity index (χ3v) is 7.45. The number of ether oxygens (including phenoxy) is 2. The van der Waals surface area contributed by atoms with Gasteiger partial charge in [0.2, 0.25) is 10.0 Å². The lowest BCUT2D eigenvalue weighted by atomic mass is 9.98. The second kappa shape index (κ2) is 10.0. The third kappa shape index (κ3) is 5.48. The smallest absolute Gasteiger partial charge is 0.251 e. The summed E-state index contributed by atoms with van der Waals surface area (Å²) in [6, 6.07) is 5.87. The molecule has 3 rings (SSSR count). The predicted molar refractivity (Wildman–Crippen MR) is 117 cm³/mol. The number of piperidine rings is 1. The SMILES string of the molecule is CCOCCn1c(=NC(=O)C2CCN(S(C)(=O)=O)CC2)sc2cc(OCC)ccc21. The van der Waals surface area contributed by atoms with E-state index in [9.17, 15) is 13.2 Å². The Hall–Kier alpha value is -1.75. The predicted octanol–water partition coefficient (Wildman–Crippen LogP) is 2.24. The highest BCUT2D eigenvalue weighted by molar-refractivity contribution is 7.88. The molecule has 8 nitrogen and oxygen atoms in total. The molecule has 0 atom stereocenters. The Morgan fingerprint density at radius 3 is 2.60 bits per heavy atom. The van der Waals surface area contributed by atoms with Gasteiger partial charge in [0.05, 0.1) is 29.7 Å². The lowest BCUT2D eigenvalue weighted by Gasteiger charge is -2.28. The van der Waals surface area contributed by atoms with E-state index in [2.05, 4.69) is 4.99 Å². The molecule has 0 unspecified atom stereocenters. The summed E-state index contributed by atoms with van der Waals surface area (Å²) in [4.78, 5) is 17.9. The fourth-order valence-electron chi connectivity index (χ4n) is 3.53. The summed E-state index contributed by atoms with van der Waals surface area (Å²) >= 11 is 1.45. The van der Waals surface area contributed by atoms with E-state index in [4.69, 9.17) is 9.47 Å². The van der Waals surface area contributed by atoms with Crippen molar-refractivity contribution in [3.8, 4) is 5.75 Å². The molecule has 0 spiro atoms. The van der Waals surface area contributed by atoms with Gasteiger partial charge in [0.1, 0.15) is 5.75 Å². The number of amides is 1. The van der Waals surface area contributed by atoms with Gasteiger partial charge < -0.3 is 14.0 Å². The van der Waals surface area contributed by atoms with Crippen molar-refractivity contribution in [1.82, 2.24) is 8.87 Å². The van der Waals surface area contributed by atoms with Crippen LogP contribution in [0.25, 0.3) is 10.2 Å². The fourth-order valence-corrected chi connectivity index (χ4v) is 5.50. The maximum Gasteiger partial charge on any atom is 0.251 e. The first-order valence-corrected chi connectivity index (χ1v) is 12.9. The fraction of sp³-hybridized carbons (Fsp3) is 0.600. The second-order valence-corrected chi connectivity index (χ2v) is 10.2. The van der Waals surface area contributed by atoms with Crippen LogP contribution in [0.15, 0.2) is 23.2 Å². The van der Waals surface area contributed by atoms with E-state index in [1.807, 2.05) is 36.6 Å². The highest BCUT2D eigenvalue weighted by Gasteiger charge is 2.29. The van der Waals surface area contributed by atoms with E-state index in [0.29, 0.717) is 57.1 Å². The van der Waals surface area contributed by atoms with Crippen molar-refractivity contribution in [2.24, 2.45) is 10.9 Å². The molecule has 0 radical (unpaired) electrons. The minimum atomic E-state index is -3.22. The number of benzene rings is 1. The van der Waals surface area contributed by atoms with Gasteiger partial charge in [0.25, 0.3) is 5.91 Å². The molecule has 0 aliphatic carbocycles. The van der Waals surface area contributed by atoms with Crippen LogP contribution in [0.4, 0.5) is 0 Å². The molecule has 1 saturated heterocycles. The van der Waals surface area contributed by atoms with Gasteiger partial charge >= 0.3 is 0 Å². The molecule has 1 aromatic carbocycles. The summed E-state index contributed by atoms with van der Waals surface area (Å²) in [5.41, 5.74) is 0.988. The van der Waals surface area contributed by atoms with Gasteiger partial charge in [-0.1, -0.05) is 11.3 Å². The zero-order chi connectivity index (χ0) is 21.7. The number of nitrogens with zero attached hydrogens (tertiary/aromatic N) is 3. The Balaban J connectivity index is 1.87. The van der Waals surface area contributed by atoms with E-state index in [1.54, 1.807) is 0 Å². The average molecular weight is 456 g/mol. The van der Waals surface area contributed by atoms with E-state index in [1.165, 1.54) is 21.9 Å². The monoisotopic (exact) mass is 455 g/mol. The standard InChI is InChI=1S/C20H29N3O5S2/c1-4-27-13-12-23-17-7-6-16(28-5-2)14-18(17)29-20(23)21-19(24)15-8-10-22(11-9-15)30(3,25)26/h6-7,14-15H,4-5,8-13H2,1-3H3. The molecule has 1 aromatic heterocycles. The van der Waals surface area contributed by atoms with Gasteiger partial charge in [-0.3, -0.25) is 4.79 Å². The van der Waals surface area contributed by atoms with E-state index in [0.717, 1.165) is 16.0 Å². The van der Waals surface area contributed by atoms with Crippen molar-refractivity contribution in [2.75, 3.05) is 39.2 Å². The van der Waals surface area contributed by atoms with Crippen LogP contribution in [-0.2, 0) is 26.1 Å². The molecular weight excluding hydrogens is 426 g/mol. The summed E-state index contributed by atoms with van der Waals surface area (Å²) in [6.07, 6.45) is 2.19. The Bertz CT molecular complexity index is 1050. The Morgan fingerprint density at radius 1 is 1.23 bits per heavy atom. The molecular formula is C20H29N3O5S2. The molecule has 10 heteroatoms. The molecule has 1 fully saturated rings. The quantitative estimate of drug-likeness (QED) is 0.570. The van der Waals surface area contributed by atoms with Gasteiger partial charge in [-0.05, 0) is 44.9 Å². The highest BCUT2D eigenvalue weighted by Crippen LogP contribution is 2.24. The molecule has 0 bridgehead atoms. The van der Waals surface area contributed by atoms with E-state index < -0.39 is 10.0 Å². The number of sulfonamides is 1. The normalized spacial score (nSPS) is 17.0. The molecule has 0 N–H and O–H groups in total.